The Morgan fingerprint density at radius 1 is 0.941 bits per heavy atom. The van der Waals surface area contributed by atoms with Gasteiger partial charge in [0, 0.05) is 30.2 Å². The lowest BCUT2D eigenvalue weighted by Gasteiger charge is -2.25. The van der Waals surface area contributed by atoms with Crippen LogP contribution < -0.4 is 4.74 Å². The lowest BCUT2D eigenvalue weighted by molar-refractivity contribution is -0.130. The smallest absolute Gasteiger partial charge is 0.243 e. The van der Waals surface area contributed by atoms with Crippen LogP contribution in [0.4, 0.5) is 0 Å². The number of hydrogen-bond donors (Lipinski definition) is 0. The Kier molecular flexibility index (Phi) is 8.60. The maximum atomic E-state index is 13.5. The molecule has 0 atom stereocenters. The van der Waals surface area contributed by atoms with Crippen molar-refractivity contribution in [1.82, 2.24) is 9.21 Å². The molecule has 0 fully saturated rings. The van der Waals surface area contributed by atoms with E-state index in [1.54, 1.807) is 44.5 Å². The third kappa shape index (κ3) is 6.51. The molecule has 6 nitrogen and oxygen atoms in total. The van der Waals surface area contributed by atoms with Crippen molar-refractivity contribution in [3.05, 3.63) is 93.5 Å². The van der Waals surface area contributed by atoms with Gasteiger partial charge in [-0.1, -0.05) is 59.1 Å². The van der Waals surface area contributed by atoms with Gasteiger partial charge in [-0.3, -0.25) is 4.79 Å². The summed E-state index contributed by atoms with van der Waals surface area (Å²) >= 11 is 12.3. The minimum Gasteiger partial charge on any atom is -0.497 e. The second-order valence-electron chi connectivity index (χ2n) is 7.92. The zero-order valence-electron chi connectivity index (χ0n) is 19.2. The van der Waals surface area contributed by atoms with Gasteiger partial charge in [-0.05, 0) is 54.4 Å². The quantitative estimate of drug-likeness (QED) is 0.390. The highest BCUT2D eigenvalue weighted by Gasteiger charge is 2.28. The summed E-state index contributed by atoms with van der Waals surface area (Å²) in [6.07, 6.45) is 0. The molecule has 0 N–H and O–H groups in total. The third-order valence-electron chi connectivity index (χ3n) is 5.34. The molecule has 0 saturated heterocycles. The predicted octanol–water partition coefficient (Wildman–Crippen LogP) is 5.16. The molecular weight excluding hydrogens is 495 g/mol. The molecule has 0 heterocycles. The van der Waals surface area contributed by atoms with Crippen molar-refractivity contribution in [2.24, 2.45) is 0 Å². The van der Waals surface area contributed by atoms with Crippen molar-refractivity contribution in [1.29, 1.82) is 0 Å². The summed E-state index contributed by atoms with van der Waals surface area (Å²) in [6.45, 7) is 1.78. The van der Waals surface area contributed by atoms with Crippen molar-refractivity contribution in [3.63, 3.8) is 0 Å². The summed E-state index contributed by atoms with van der Waals surface area (Å²) in [5.41, 5.74) is 2.37. The van der Waals surface area contributed by atoms with Crippen LogP contribution >= 0.6 is 23.2 Å². The number of rotatable bonds is 9. The fraction of sp³-hybridized carbons (Fsp3) is 0.240. The van der Waals surface area contributed by atoms with Crippen LogP contribution in [0.3, 0.4) is 0 Å². The van der Waals surface area contributed by atoms with E-state index in [1.165, 1.54) is 17.0 Å². The number of benzene rings is 3. The van der Waals surface area contributed by atoms with E-state index in [0.29, 0.717) is 27.9 Å². The number of methoxy groups -OCH3 is 1. The molecule has 1 amide bonds. The highest BCUT2D eigenvalue weighted by Crippen LogP contribution is 2.25. The highest BCUT2D eigenvalue weighted by molar-refractivity contribution is 7.89. The predicted molar refractivity (Wildman–Crippen MR) is 135 cm³/mol. The van der Waals surface area contributed by atoms with E-state index in [9.17, 15) is 13.2 Å². The van der Waals surface area contributed by atoms with Crippen molar-refractivity contribution in [2.75, 3.05) is 20.7 Å². The van der Waals surface area contributed by atoms with Crippen molar-refractivity contribution < 1.29 is 17.9 Å². The van der Waals surface area contributed by atoms with Crippen LogP contribution in [-0.2, 0) is 27.9 Å². The molecule has 3 aromatic rings. The van der Waals surface area contributed by atoms with Gasteiger partial charge in [0.05, 0.1) is 18.6 Å². The lowest BCUT2D eigenvalue weighted by Crippen LogP contribution is -2.41. The third-order valence-corrected chi connectivity index (χ3v) is 7.73. The average molecular weight is 521 g/mol. The number of nitrogens with zero attached hydrogens (tertiary/aromatic N) is 2. The van der Waals surface area contributed by atoms with Crippen LogP contribution in [0.15, 0.2) is 71.6 Å². The number of carbonyl (C=O) groups excluding carboxylic acids is 1. The van der Waals surface area contributed by atoms with E-state index in [-0.39, 0.29) is 23.9 Å². The molecular formula is C25H26Cl2N2O4S. The largest absolute Gasteiger partial charge is 0.497 e. The Bertz CT molecular complexity index is 1250. The normalized spacial score (nSPS) is 11.5. The molecule has 0 saturated carbocycles. The summed E-state index contributed by atoms with van der Waals surface area (Å²) in [4.78, 5) is 14.7. The molecule has 0 bridgehead atoms. The molecule has 0 aliphatic rings. The minimum atomic E-state index is -3.98. The molecule has 3 rings (SSSR count). The topological polar surface area (TPSA) is 66.9 Å². The second kappa shape index (κ2) is 11.2. The molecule has 9 heteroatoms. The summed E-state index contributed by atoms with van der Waals surface area (Å²) in [5.74, 6) is 0.365. The van der Waals surface area contributed by atoms with E-state index in [0.717, 1.165) is 15.4 Å². The molecule has 3 aromatic carbocycles. The summed E-state index contributed by atoms with van der Waals surface area (Å²) in [6, 6.07) is 18.7. The van der Waals surface area contributed by atoms with Gasteiger partial charge in [-0.15, -0.1) is 0 Å². The summed E-state index contributed by atoms with van der Waals surface area (Å²) < 4.78 is 33.3. The number of halogens is 2. The highest BCUT2D eigenvalue weighted by atomic mass is 35.5. The van der Waals surface area contributed by atoms with E-state index in [4.69, 9.17) is 27.9 Å². The average Bonchev–Trinajstić information content (AvgIpc) is 2.80. The number of aryl methyl sites for hydroxylation is 1. The van der Waals surface area contributed by atoms with Crippen LogP contribution in [0.25, 0.3) is 0 Å². The maximum Gasteiger partial charge on any atom is 0.243 e. The number of carbonyl (C=O) groups is 1. The second-order valence-corrected chi connectivity index (χ2v) is 10.7. The Labute approximate surface area is 210 Å². The zero-order chi connectivity index (χ0) is 24.9. The van der Waals surface area contributed by atoms with Crippen LogP contribution in [-0.4, -0.2) is 44.2 Å². The fourth-order valence-corrected chi connectivity index (χ4v) is 5.13. The Morgan fingerprint density at radius 3 is 2.18 bits per heavy atom. The van der Waals surface area contributed by atoms with Crippen molar-refractivity contribution in [2.45, 2.75) is 24.9 Å². The van der Waals surface area contributed by atoms with Crippen LogP contribution in [0.2, 0.25) is 10.0 Å². The zero-order valence-corrected chi connectivity index (χ0v) is 21.5. The molecule has 0 aromatic heterocycles. The van der Waals surface area contributed by atoms with E-state index in [2.05, 4.69) is 0 Å². The molecule has 180 valence electrons. The first-order chi connectivity index (χ1) is 16.1. The molecule has 0 unspecified atom stereocenters. The first-order valence-electron chi connectivity index (χ1n) is 10.5. The Hall–Kier alpha value is -2.58. The first kappa shape index (κ1) is 26.0. The SMILES string of the molecule is COc1ccc(CN(C)C(=O)CN(Cc2ccc(Cl)cc2Cl)S(=O)(=O)c2ccc(C)cc2)cc1. The van der Waals surface area contributed by atoms with Gasteiger partial charge in [-0.2, -0.15) is 4.31 Å². The number of hydrogen-bond acceptors (Lipinski definition) is 4. The van der Waals surface area contributed by atoms with E-state index in [1.807, 2.05) is 31.2 Å². The molecule has 0 aliphatic carbocycles. The molecule has 0 aliphatic heterocycles. The Morgan fingerprint density at radius 2 is 1.59 bits per heavy atom. The molecule has 0 spiro atoms. The fourth-order valence-electron chi connectivity index (χ4n) is 3.29. The number of ether oxygens (including phenoxy) is 1. The van der Waals surface area contributed by atoms with Gasteiger partial charge in [0.15, 0.2) is 0 Å². The summed E-state index contributed by atoms with van der Waals surface area (Å²) in [5, 5.41) is 0.771. The van der Waals surface area contributed by atoms with Gasteiger partial charge in [-0.25, -0.2) is 8.42 Å². The van der Waals surface area contributed by atoms with Gasteiger partial charge in [0.2, 0.25) is 15.9 Å². The summed E-state index contributed by atoms with van der Waals surface area (Å²) in [7, 11) is -0.754. The molecule has 34 heavy (non-hydrogen) atoms. The van der Waals surface area contributed by atoms with Gasteiger partial charge < -0.3 is 9.64 Å². The van der Waals surface area contributed by atoms with Crippen LogP contribution in [0, 0.1) is 6.92 Å². The van der Waals surface area contributed by atoms with Crippen molar-refractivity contribution in [3.8, 4) is 5.75 Å². The van der Waals surface area contributed by atoms with Gasteiger partial charge >= 0.3 is 0 Å². The number of likely N-dealkylation sites (N-methyl/N-ethyl adjacent to an activating group) is 1. The van der Waals surface area contributed by atoms with Gasteiger partial charge in [0.1, 0.15) is 5.75 Å². The minimum absolute atomic E-state index is 0.0751. The standard InChI is InChI=1S/C25H26Cl2N2O4S/c1-18-4-12-23(13-5-18)34(31,32)29(16-20-8-9-21(26)14-24(20)27)17-25(30)28(2)15-19-6-10-22(33-3)11-7-19/h4-14H,15-17H2,1-3H3. The maximum absolute atomic E-state index is 13.5. The van der Waals surface area contributed by atoms with Crippen LogP contribution in [0.5, 0.6) is 5.75 Å². The van der Waals surface area contributed by atoms with E-state index >= 15 is 0 Å². The van der Waals surface area contributed by atoms with Crippen LogP contribution in [0.1, 0.15) is 16.7 Å². The number of amides is 1. The monoisotopic (exact) mass is 520 g/mol. The lowest BCUT2D eigenvalue weighted by atomic mass is 10.2. The van der Waals surface area contributed by atoms with E-state index < -0.39 is 10.0 Å². The molecule has 0 radical (unpaired) electrons. The first-order valence-corrected chi connectivity index (χ1v) is 12.7. The number of sulfonamides is 1. The Balaban J connectivity index is 1.86. The van der Waals surface area contributed by atoms with Gasteiger partial charge in [0.25, 0.3) is 0 Å². The van der Waals surface area contributed by atoms with Crippen molar-refractivity contribution >= 4 is 39.1 Å².